The van der Waals surface area contributed by atoms with Gasteiger partial charge in [-0.3, -0.25) is 9.67 Å². The van der Waals surface area contributed by atoms with Crippen LogP contribution in [0.2, 0.25) is 5.02 Å². The zero-order valence-corrected chi connectivity index (χ0v) is 15.6. The molecular weight excluding hydrogens is 346 g/mol. The summed E-state index contributed by atoms with van der Waals surface area (Å²) in [7, 11) is 0. The van der Waals surface area contributed by atoms with Crippen LogP contribution in [-0.4, -0.2) is 22.3 Å². The number of aromatic nitrogens is 2. The molecular formula is C20H22ClN5. The maximum atomic E-state index is 6.09. The number of hydrogen-bond donors (Lipinski definition) is 2. The van der Waals surface area contributed by atoms with Crippen molar-refractivity contribution < 1.29 is 0 Å². The second-order valence-electron chi connectivity index (χ2n) is 6.20. The minimum Gasteiger partial charge on any atom is -0.370 e. The van der Waals surface area contributed by atoms with E-state index < -0.39 is 0 Å². The Morgan fingerprint density at radius 3 is 2.62 bits per heavy atom. The summed E-state index contributed by atoms with van der Waals surface area (Å²) in [6, 6.07) is 15.7. The van der Waals surface area contributed by atoms with Gasteiger partial charge in [-0.25, -0.2) is 0 Å². The average Bonchev–Trinajstić information content (AvgIpc) is 3.14. The number of aryl methyl sites for hydroxylation is 2. The van der Waals surface area contributed by atoms with E-state index in [-0.39, 0.29) is 6.04 Å². The first-order valence-electron chi connectivity index (χ1n) is 8.42. The minimum atomic E-state index is -0.0534. The molecule has 1 aromatic heterocycles. The maximum Gasteiger partial charge on any atom is 0.193 e. The van der Waals surface area contributed by atoms with Crippen LogP contribution in [0.25, 0.3) is 0 Å². The first kappa shape index (κ1) is 18.0. The van der Waals surface area contributed by atoms with Crippen molar-refractivity contribution in [3.63, 3.8) is 0 Å². The van der Waals surface area contributed by atoms with Crippen molar-refractivity contribution in [1.82, 2.24) is 9.78 Å². The van der Waals surface area contributed by atoms with Crippen molar-refractivity contribution in [3.05, 3.63) is 82.6 Å². The molecule has 0 amide bonds. The number of halogens is 1. The first-order chi connectivity index (χ1) is 12.5. The third kappa shape index (κ3) is 4.43. The minimum absolute atomic E-state index is 0.0534. The lowest BCUT2D eigenvalue weighted by atomic mass is 10.1. The van der Waals surface area contributed by atoms with E-state index in [0.717, 1.165) is 11.3 Å². The van der Waals surface area contributed by atoms with Gasteiger partial charge in [0.2, 0.25) is 0 Å². The number of anilines is 1. The summed E-state index contributed by atoms with van der Waals surface area (Å²) >= 11 is 6.00. The predicted octanol–water partition coefficient (Wildman–Crippen LogP) is 4.17. The molecule has 1 heterocycles. The summed E-state index contributed by atoms with van der Waals surface area (Å²) in [6.07, 6.45) is 3.67. The third-order valence-corrected chi connectivity index (χ3v) is 4.56. The van der Waals surface area contributed by atoms with Gasteiger partial charge < -0.3 is 11.1 Å². The lowest BCUT2D eigenvalue weighted by molar-refractivity contribution is 0.533. The van der Waals surface area contributed by atoms with Gasteiger partial charge in [0.25, 0.3) is 0 Å². The van der Waals surface area contributed by atoms with Gasteiger partial charge in [0.05, 0.1) is 12.6 Å². The number of rotatable bonds is 5. The summed E-state index contributed by atoms with van der Waals surface area (Å²) in [5.74, 6) is 0.374. The quantitative estimate of drug-likeness (QED) is 0.525. The Morgan fingerprint density at radius 1 is 1.19 bits per heavy atom. The van der Waals surface area contributed by atoms with Crippen molar-refractivity contribution in [2.45, 2.75) is 19.9 Å². The molecule has 3 N–H and O–H groups in total. The third-order valence-electron chi connectivity index (χ3n) is 4.31. The van der Waals surface area contributed by atoms with Crippen molar-refractivity contribution >= 4 is 23.2 Å². The fraction of sp³-hybridized carbons (Fsp3) is 0.200. The highest BCUT2D eigenvalue weighted by atomic mass is 35.5. The number of nitrogens with two attached hydrogens (primary N) is 1. The van der Waals surface area contributed by atoms with Crippen LogP contribution in [0.1, 0.15) is 22.7 Å². The Morgan fingerprint density at radius 2 is 1.96 bits per heavy atom. The summed E-state index contributed by atoms with van der Waals surface area (Å²) in [4.78, 5) is 4.52. The van der Waals surface area contributed by atoms with Gasteiger partial charge in [-0.1, -0.05) is 29.8 Å². The van der Waals surface area contributed by atoms with Gasteiger partial charge >= 0.3 is 0 Å². The molecule has 26 heavy (non-hydrogen) atoms. The largest absolute Gasteiger partial charge is 0.370 e. The fourth-order valence-corrected chi connectivity index (χ4v) is 2.81. The van der Waals surface area contributed by atoms with Crippen molar-refractivity contribution in [2.75, 3.05) is 11.9 Å². The number of nitrogens with zero attached hydrogens (tertiary/aromatic N) is 3. The fourth-order valence-electron chi connectivity index (χ4n) is 2.68. The van der Waals surface area contributed by atoms with E-state index in [4.69, 9.17) is 17.3 Å². The highest BCUT2D eigenvalue weighted by Crippen LogP contribution is 2.20. The Balaban J connectivity index is 1.77. The zero-order valence-electron chi connectivity index (χ0n) is 14.9. The summed E-state index contributed by atoms with van der Waals surface area (Å²) in [6.45, 7) is 4.62. The van der Waals surface area contributed by atoms with E-state index >= 15 is 0 Å². The zero-order chi connectivity index (χ0) is 18.5. The monoisotopic (exact) mass is 367 g/mol. The molecule has 3 aromatic rings. The number of aliphatic imine (C=N–C) groups is 1. The Labute approximate surface area is 158 Å². The summed E-state index contributed by atoms with van der Waals surface area (Å²) in [5.41, 5.74) is 10.5. The van der Waals surface area contributed by atoms with Crippen molar-refractivity contribution in [1.29, 1.82) is 0 Å². The molecule has 6 heteroatoms. The molecule has 134 valence electrons. The Bertz CT molecular complexity index is 885. The van der Waals surface area contributed by atoms with Crippen molar-refractivity contribution in [2.24, 2.45) is 10.7 Å². The van der Waals surface area contributed by atoms with Crippen LogP contribution in [0.4, 0.5) is 5.69 Å². The van der Waals surface area contributed by atoms with E-state index in [2.05, 4.69) is 41.4 Å². The van der Waals surface area contributed by atoms with Gasteiger partial charge in [0.1, 0.15) is 0 Å². The van der Waals surface area contributed by atoms with Crippen LogP contribution in [0.5, 0.6) is 0 Å². The summed E-state index contributed by atoms with van der Waals surface area (Å²) < 4.78 is 1.87. The summed E-state index contributed by atoms with van der Waals surface area (Å²) in [5, 5.41) is 8.20. The molecule has 0 aliphatic carbocycles. The molecule has 1 atom stereocenters. The number of hydrogen-bond acceptors (Lipinski definition) is 2. The molecule has 1 unspecified atom stereocenters. The first-order valence-corrected chi connectivity index (χ1v) is 8.79. The maximum absolute atomic E-state index is 6.09. The molecule has 0 saturated carbocycles. The van der Waals surface area contributed by atoms with E-state index in [9.17, 15) is 0 Å². The molecule has 0 aliphatic heterocycles. The molecule has 0 bridgehead atoms. The van der Waals surface area contributed by atoms with Gasteiger partial charge in [0, 0.05) is 23.1 Å². The second-order valence-corrected chi connectivity index (χ2v) is 6.64. The number of guanidine groups is 1. The van der Waals surface area contributed by atoms with E-state index in [1.807, 2.05) is 47.3 Å². The lowest BCUT2D eigenvalue weighted by Gasteiger charge is -2.17. The van der Waals surface area contributed by atoms with Gasteiger partial charge in [-0.05, 0) is 60.9 Å². The Hall–Kier alpha value is -2.79. The highest BCUT2D eigenvalue weighted by molar-refractivity contribution is 6.30. The van der Waals surface area contributed by atoms with Gasteiger partial charge in [-0.15, -0.1) is 0 Å². The number of nitrogens with one attached hydrogen (secondary N) is 1. The SMILES string of the molecule is Cc1ccc(NC(N)=NCC(c2ccc(Cl)cc2)n2cccn2)cc1C. The standard InChI is InChI=1S/C20H22ClN5/c1-14-4-9-18(12-15(14)2)25-20(22)23-13-19(26-11-3-10-24-26)16-5-7-17(21)8-6-16/h3-12,19H,13H2,1-2H3,(H3,22,23,25). The highest BCUT2D eigenvalue weighted by Gasteiger charge is 2.14. The van der Waals surface area contributed by atoms with Gasteiger partial charge in [0.15, 0.2) is 5.96 Å². The smallest absolute Gasteiger partial charge is 0.193 e. The lowest BCUT2D eigenvalue weighted by Crippen LogP contribution is -2.25. The molecule has 3 rings (SSSR count). The van der Waals surface area contributed by atoms with Crippen LogP contribution < -0.4 is 11.1 Å². The second kappa shape index (κ2) is 8.06. The van der Waals surface area contributed by atoms with Crippen LogP contribution in [-0.2, 0) is 0 Å². The molecule has 0 fully saturated rings. The Kier molecular flexibility index (Phi) is 5.58. The van der Waals surface area contributed by atoms with E-state index in [0.29, 0.717) is 17.5 Å². The number of benzene rings is 2. The average molecular weight is 368 g/mol. The van der Waals surface area contributed by atoms with Crippen LogP contribution in [0.15, 0.2) is 65.9 Å². The van der Waals surface area contributed by atoms with Crippen LogP contribution in [0.3, 0.4) is 0 Å². The van der Waals surface area contributed by atoms with Crippen LogP contribution in [0, 0.1) is 13.8 Å². The van der Waals surface area contributed by atoms with E-state index in [1.165, 1.54) is 11.1 Å². The topological polar surface area (TPSA) is 68.2 Å². The molecule has 5 nitrogen and oxygen atoms in total. The van der Waals surface area contributed by atoms with Crippen LogP contribution >= 0.6 is 11.6 Å². The predicted molar refractivity (Wildman–Crippen MR) is 108 cm³/mol. The molecule has 0 radical (unpaired) electrons. The molecule has 2 aromatic carbocycles. The van der Waals surface area contributed by atoms with E-state index in [1.54, 1.807) is 6.20 Å². The van der Waals surface area contributed by atoms with Gasteiger partial charge in [-0.2, -0.15) is 5.10 Å². The molecule has 0 aliphatic rings. The normalized spacial score (nSPS) is 12.8. The van der Waals surface area contributed by atoms with Crippen molar-refractivity contribution in [3.8, 4) is 0 Å². The molecule has 0 spiro atoms. The molecule has 0 saturated heterocycles.